The smallest absolute Gasteiger partial charge is 0.335 e. The average molecular weight is 289 g/mol. The molecule has 0 radical (unpaired) electrons. The van der Waals surface area contributed by atoms with Crippen molar-refractivity contribution in [3.63, 3.8) is 0 Å². The lowest BCUT2D eigenvalue weighted by molar-refractivity contribution is 0.0696. The molecule has 0 aliphatic carbocycles. The van der Waals surface area contributed by atoms with Gasteiger partial charge < -0.3 is 10.0 Å². The Hall–Kier alpha value is -1.84. The number of hydrogen-bond acceptors (Lipinski definition) is 2. The number of carbonyl (C=O) groups is 2. The maximum Gasteiger partial charge on any atom is 0.335 e. The summed E-state index contributed by atoms with van der Waals surface area (Å²) >= 11 is 0. The summed E-state index contributed by atoms with van der Waals surface area (Å²) in [6, 6.07) is 4.84. The highest BCUT2D eigenvalue weighted by Crippen LogP contribution is 2.30. The molecule has 1 saturated heterocycles. The molecule has 1 fully saturated rings. The Labute approximate surface area is 125 Å². The summed E-state index contributed by atoms with van der Waals surface area (Å²) in [5, 5.41) is 9.11. The zero-order valence-electron chi connectivity index (χ0n) is 13.0. The van der Waals surface area contributed by atoms with Crippen LogP contribution in [0.3, 0.4) is 0 Å². The molecule has 1 N–H and O–H groups in total. The van der Waals surface area contributed by atoms with Crippen molar-refractivity contribution >= 4 is 11.9 Å². The summed E-state index contributed by atoms with van der Waals surface area (Å²) in [7, 11) is 0. The van der Waals surface area contributed by atoms with Gasteiger partial charge in [0.1, 0.15) is 0 Å². The number of carboxylic acids is 1. The average Bonchev–Trinajstić information content (AvgIpc) is 2.58. The van der Waals surface area contributed by atoms with Gasteiger partial charge in [0, 0.05) is 18.7 Å². The highest BCUT2D eigenvalue weighted by atomic mass is 16.4. The third kappa shape index (κ3) is 3.84. The molecule has 0 atom stereocenters. The molecule has 1 aliphatic rings. The Morgan fingerprint density at radius 2 is 1.76 bits per heavy atom. The molecule has 0 bridgehead atoms. The normalized spacial score (nSPS) is 18.1. The van der Waals surface area contributed by atoms with E-state index in [9.17, 15) is 9.59 Å². The highest BCUT2D eigenvalue weighted by molar-refractivity contribution is 5.97. The lowest BCUT2D eigenvalue weighted by Crippen LogP contribution is -2.32. The van der Waals surface area contributed by atoms with Gasteiger partial charge in [-0.2, -0.15) is 0 Å². The van der Waals surface area contributed by atoms with Crippen molar-refractivity contribution in [1.29, 1.82) is 0 Å². The van der Waals surface area contributed by atoms with Crippen LogP contribution in [-0.2, 0) is 0 Å². The number of aryl methyl sites for hydroxylation is 1. The Balaban J connectivity index is 2.22. The van der Waals surface area contributed by atoms with Crippen LogP contribution < -0.4 is 0 Å². The third-order valence-corrected chi connectivity index (χ3v) is 4.20. The summed E-state index contributed by atoms with van der Waals surface area (Å²) in [6.45, 7) is 7.77. The first-order valence-corrected chi connectivity index (χ1v) is 7.43. The first-order valence-electron chi connectivity index (χ1n) is 7.43. The third-order valence-electron chi connectivity index (χ3n) is 4.20. The second-order valence-electron chi connectivity index (χ2n) is 6.70. The summed E-state index contributed by atoms with van der Waals surface area (Å²) in [5.74, 6) is -1.05. The van der Waals surface area contributed by atoms with Crippen molar-refractivity contribution in [2.45, 2.75) is 40.0 Å². The van der Waals surface area contributed by atoms with Crippen molar-refractivity contribution < 1.29 is 14.7 Å². The standard InChI is InChI=1S/C17H23NO3/c1-12-9-13(11-14(10-12)16(20)21)15(19)18-7-4-5-17(2,3)6-8-18/h9-11H,4-8H2,1-3H3,(H,20,21). The van der Waals surface area contributed by atoms with Crippen molar-refractivity contribution in [2.24, 2.45) is 5.41 Å². The van der Waals surface area contributed by atoms with Crippen molar-refractivity contribution in [3.8, 4) is 0 Å². The van der Waals surface area contributed by atoms with Crippen molar-refractivity contribution in [2.75, 3.05) is 13.1 Å². The fourth-order valence-electron chi connectivity index (χ4n) is 2.84. The van der Waals surface area contributed by atoms with E-state index in [1.165, 1.54) is 6.07 Å². The number of benzene rings is 1. The van der Waals surface area contributed by atoms with Crippen LogP contribution in [0.4, 0.5) is 0 Å². The number of amides is 1. The summed E-state index contributed by atoms with van der Waals surface area (Å²) in [5.41, 5.74) is 1.72. The molecule has 1 heterocycles. The molecule has 4 nitrogen and oxygen atoms in total. The Kier molecular flexibility index (Phi) is 4.35. The van der Waals surface area contributed by atoms with Crippen LogP contribution in [0, 0.1) is 12.3 Å². The van der Waals surface area contributed by atoms with E-state index < -0.39 is 5.97 Å². The molecule has 0 aromatic heterocycles. The molecule has 0 unspecified atom stereocenters. The van der Waals surface area contributed by atoms with E-state index >= 15 is 0 Å². The van der Waals surface area contributed by atoms with E-state index in [0.717, 1.165) is 37.9 Å². The van der Waals surface area contributed by atoms with Crippen LogP contribution in [0.25, 0.3) is 0 Å². The molecule has 2 rings (SSSR count). The van der Waals surface area contributed by atoms with Gasteiger partial charge >= 0.3 is 5.97 Å². The SMILES string of the molecule is Cc1cc(C(=O)O)cc(C(=O)N2CCCC(C)(C)CC2)c1. The van der Waals surface area contributed by atoms with E-state index in [2.05, 4.69) is 13.8 Å². The predicted molar refractivity (Wildman–Crippen MR) is 81.7 cm³/mol. The number of carbonyl (C=O) groups excluding carboxylic acids is 1. The molecule has 114 valence electrons. The molecule has 0 saturated carbocycles. The molecule has 4 heteroatoms. The number of carboxylic acid groups (broad SMARTS) is 1. The Bertz CT molecular complexity index is 563. The highest BCUT2D eigenvalue weighted by Gasteiger charge is 2.26. The molecule has 1 amide bonds. The van der Waals surface area contributed by atoms with Gasteiger partial charge in [0.2, 0.25) is 0 Å². The van der Waals surface area contributed by atoms with Gasteiger partial charge in [-0.25, -0.2) is 4.79 Å². The van der Waals surface area contributed by atoms with Gasteiger partial charge in [0.05, 0.1) is 5.56 Å². The quantitative estimate of drug-likeness (QED) is 0.908. The fourth-order valence-corrected chi connectivity index (χ4v) is 2.84. The predicted octanol–water partition coefficient (Wildman–Crippen LogP) is 3.35. The van der Waals surface area contributed by atoms with Gasteiger partial charge in [-0.15, -0.1) is 0 Å². The maximum absolute atomic E-state index is 12.6. The molecule has 0 spiro atoms. The maximum atomic E-state index is 12.6. The van der Waals surface area contributed by atoms with Crippen LogP contribution in [0.2, 0.25) is 0 Å². The van der Waals surface area contributed by atoms with E-state index in [4.69, 9.17) is 5.11 Å². The number of likely N-dealkylation sites (tertiary alicyclic amines) is 1. The van der Waals surface area contributed by atoms with Crippen molar-refractivity contribution in [1.82, 2.24) is 4.90 Å². The first-order chi connectivity index (χ1) is 9.78. The minimum absolute atomic E-state index is 0.0566. The lowest BCUT2D eigenvalue weighted by atomic mass is 9.85. The summed E-state index contributed by atoms with van der Waals surface area (Å²) < 4.78 is 0. The van der Waals surface area contributed by atoms with Gasteiger partial charge in [-0.05, 0) is 55.4 Å². The van der Waals surface area contributed by atoms with E-state index in [1.807, 2.05) is 11.8 Å². The van der Waals surface area contributed by atoms with Gasteiger partial charge in [0.25, 0.3) is 5.91 Å². The minimum atomic E-state index is -0.996. The molecule has 1 aromatic rings. The van der Waals surface area contributed by atoms with Gasteiger partial charge in [-0.1, -0.05) is 13.8 Å². The van der Waals surface area contributed by atoms with Crippen LogP contribution >= 0.6 is 0 Å². The van der Waals surface area contributed by atoms with Crippen molar-refractivity contribution in [3.05, 3.63) is 34.9 Å². The molecular weight excluding hydrogens is 266 g/mol. The van der Waals surface area contributed by atoms with Gasteiger partial charge in [-0.3, -0.25) is 4.79 Å². The van der Waals surface area contributed by atoms with Crippen LogP contribution in [-0.4, -0.2) is 35.0 Å². The Morgan fingerprint density at radius 3 is 2.43 bits per heavy atom. The Morgan fingerprint density at radius 1 is 1.10 bits per heavy atom. The molecule has 1 aromatic carbocycles. The minimum Gasteiger partial charge on any atom is -0.478 e. The summed E-state index contributed by atoms with van der Waals surface area (Å²) in [6.07, 6.45) is 3.09. The zero-order valence-corrected chi connectivity index (χ0v) is 13.0. The number of nitrogens with zero attached hydrogens (tertiary/aromatic N) is 1. The number of rotatable bonds is 2. The molecule has 21 heavy (non-hydrogen) atoms. The fraction of sp³-hybridized carbons (Fsp3) is 0.529. The number of aromatic carboxylic acids is 1. The number of hydrogen-bond donors (Lipinski definition) is 1. The zero-order chi connectivity index (χ0) is 15.6. The van der Waals surface area contributed by atoms with E-state index in [0.29, 0.717) is 5.56 Å². The second kappa shape index (κ2) is 5.88. The van der Waals surface area contributed by atoms with E-state index in [-0.39, 0.29) is 16.9 Å². The molecular formula is C17H23NO3. The monoisotopic (exact) mass is 289 g/mol. The second-order valence-corrected chi connectivity index (χ2v) is 6.70. The summed E-state index contributed by atoms with van der Waals surface area (Å²) in [4.78, 5) is 25.6. The molecule has 1 aliphatic heterocycles. The topological polar surface area (TPSA) is 57.6 Å². The van der Waals surface area contributed by atoms with Crippen LogP contribution in [0.5, 0.6) is 0 Å². The van der Waals surface area contributed by atoms with Crippen LogP contribution in [0.15, 0.2) is 18.2 Å². The van der Waals surface area contributed by atoms with Crippen LogP contribution in [0.1, 0.15) is 59.4 Å². The van der Waals surface area contributed by atoms with Gasteiger partial charge in [0.15, 0.2) is 0 Å². The first kappa shape index (κ1) is 15.5. The van der Waals surface area contributed by atoms with E-state index in [1.54, 1.807) is 12.1 Å². The largest absolute Gasteiger partial charge is 0.478 e. The lowest BCUT2D eigenvalue weighted by Gasteiger charge is -2.23.